The van der Waals surface area contributed by atoms with Crippen molar-refractivity contribution in [2.45, 2.75) is 33.1 Å². The van der Waals surface area contributed by atoms with Crippen molar-refractivity contribution >= 4 is 23.9 Å². The molecule has 1 aromatic rings. The largest absolute Gasteiger partial charge is 0.331 e. The second-order valence-corrected chi connectivity index (χ2v) is 4.30. The monoisotopic (exact) mass is 290 g/mol. The lowest BCUT2D eigenvalue weighted by molar-refractivity contribution is -0.141. The van der Waals surface area contributed by atoms with E-state index in [9.17, 15) is 9.59 Å². The maximum Gasteiger partial charge on any atom is 0.331 e. The second-order valence-electron chi connectivity index (χ2n) is 4.30. The van der Waals surface area contributed by atoms with Crippen LogP contribution in [0.4, 0.5) is 0 Å². The molecule has 6 heteroatoms. The summed E-state index contributed by atoms with van der Waals surface area (Å²) in [4.78, 5) is 30.5. The van der Waals surface area contributed by atoms with Crippen LogP contribution in [-0.2, 0) is 25.7 Å². The predicted octanol–water partition coefficient (Wildman–Crippen LogP) is 2.48. The molecular weight excluding hydrogens is 272 g/mol. The molecule has 0 aromatic heterocycles. The van der Waals surface area contributed by atoms with E-state index in [2.05, 4.69) is 20.0 Å². The molecule has 0 aliphatic carbocycles. The van der Waals surface area contributed by atoms with Gasteiger partial charge in [0.2, 0.25) is 0 Å². The van der Waals surface area contributed by atoms with Crippen molar-refractivity contribution < 1.29 is 19.3 Å². The van der Waals surface area contributed by atoms with Gasteiger partial charge in [-0.2, -0.15) is 0 Å². The number of carbonyl (C=O) groups excluding carboxylic acids is 2. The molecule has 0 amide bonds. The van der Waals surface area contributed by atoms with Gasteiger partial charge in [-0.3, -0.25) is 0 Å². The van der Waals surface area contributed by atoms with Gasteiger partial charge >= 0.3 is 11.9 Å². The van der Waals surface area contributed by atoms with E-state index in [4.69, 9.17) is 0 Å². The molecule has 0 fully saturated rings. The molecule has 0 radical (unpaired) electrons. The standard InChI is InChI=1S/C15H18N2O4/c1-12(18)20-16-11-10-15(17-21-13(2)19)9-8-14-6-4-3-5-7-14/h3-7,11H,8-10H2,1-2H3. The number of hydrogen-bond donors (Lipinski definition) is 0. The van der Waals surface area contributed by atoms with Crippen molar-refractivity contribution in [1.82, 2.24) is 0 Å². The molecule has 1 rings (SSSR count). The first kappa shape index (κ1) is 16.6. The zero-order chi connectivity index (χ0) is 15.5. The summed E-state index contributed by atoms with van der Waals surface area (Å²) < 4.78 is 0. The topological polar surface area (TPSA) is 77.3 Å². The first-order valence-corrected chi connectivity index (χ1v) is 6.54. The molecule has 0 saturated heterocycles. The summed E-state index contributed by atoms with van der Waals surface area (Å²) in [7, 11) is 0. The Morgan fingerprint density at radius 3 is 2.38 bits per heavy atom. The highest BCUT2D eigenvalue weighted by atomic mass is 16.7. The average molecular weight is 290 g/mol. The number of nitrogens with zero attached hydrogens (tertiary/aromatic N) is 2. The van der Waals surface area contributed by atoms with Gasteiger partial charge in [-0.1, -0.05) is 40.6 Å². The number of hydrogen-bond acceptors (Lipinski definition) is 6. The average Bonchev–Trinajstić information content (AvgIpc) is 2.46. The maximum absolute atomic E-state index is 10.8. The summed E-state index contributed by atoms with van der Waals surface area (Å²) in [6.07, 6.45) is 3.13. The van der Waals surface area contributed by atoms with Crippen LogP contribution in [-0.4, -0.2) is 23.9 Å². The van der Waals surface area contributed by atoms with Gasteiger partial charge in [-0.25, -0.2) is 9.59 Å². The van der Waals surface area contributed by atoms with Crippen LogP contribution < -0.4 is 0 Å². The molecule has 0 atom stereocenters. The lowest BCUT2D eigenvalue weighted by atomic mass is 10.1. The molecule has 21 heavy (non-hydrogen) atoms. The fraction of sp³-hybridized carbons (Fsp3) is 0.333. The Balaban J connectivity index is 2.55. The molecule has 112 valence electrons. The van der Waals surface area contributed by atoms with Gasteiger partial charge in [0.1, 0.15) is 0 Å². The summed E-state index contributed by atoms with van der Waals surface area (Å²) in [5.41, 5.74) is 1.80. The highest BCUT2D eigenvalue weighted by molar-refractivity contribution is 5.95. The van der Waals surface area contributed by atoms with Crippen molar-refractivity contribution in [3.05, 3.63) is 35.9 Å². The fourth-order valence-electron chi connectivity index (χ4n) is 1.50. The molecule has 0 aliphatic heterocycles. The molecule has 0 spiro atoms. The first-order chi connectivity index (χ1) is 10.1. The maximum atomic E-state index is 10.8. The Morgan fingerprint density at radius 1 is 1.10 bits per heavy atom. The van der Waals surface area contributed by atoms with Crippen LogP contribution in [0.2, 0.25) is 0 Å². The molecule has 6 nitrogen and oxygen atoms in total. The van der Waals surface area contributed by atoms with Crippen molar-refractivity contribution in [2.75, 3.05) is 0 Å². The predicted molar refractivity (Wildman–Crippen MR) is 78.8 cm³/mol. The van der Waals surface area contributed by atoms with Gasteiger partial charge in [0.15, 0.2) is 0 Å². The van der Waals surface area contributed by atoms with E-state index >= 15 is 0 Å². The molecular formula is C15H18N2O4. The highest BCUT2D eigenvalue weighted by Gasteiger charge is 2.02. The van der Waals surface area contributed by atoms with E-state index < -0.39 is 11.9 Å². The smallest absolute Gasteiger partial charge is 0.319 e. The molecule has 0 bridgehead atoms. The van der Waals surface area contributed by atoms with Crippen molar-refractivity contribution in [1.29, 1.82) is 0 Å². The van der Waals surface area contributed by atoms with Crippen molar-refractivity contribution in [2.24, 2.45) is 10.3 Å². The quantitative estimate of drug-likeness (QED) is 0.439. The van der Waals surface area contributed by atoms with Crippen LogP contribution in [0.1, 0.15) is 32.3 Å². The van der Waals surface area contributed by atoms with Crippen LogP contribution in [0.5, 0.6) is 0 Å². The molecule has 1 aromatic carbocycles. The third-order valence-corrected chi connectivity index (χ3v) is 2.43. The first-order valence-electron chi connectivity index (χ1n) is 6.54. The summed E-state index contributed by atoms with van der Waals surface area (Å²) in [6, 6.07) is 9.89. The van der Waals surface area contributed by atoms with Gasteiger partial charge in [0.05, 0.1) is 11.9 Å². The normalized spacial score (nSPS) is 11.4. The van der Waals surface area contributed by atoms with Crippen LogP contribution in [0.25, 0.3) is 0 Å². The Labute approximate surface area is 123 Å². The van der Waals surface area contributed by atoms with E-state index in [0.717, 1.165) is 12.0 Å². The minimum Gasteiger partial charge on any atom is -0.319 e. The lowest BCUT2D eigenvalue weighted by Gasteiger charge is -2.03. The number of aryl methyl sites for hydroxylation is 1. The number of carbonyl (C=O) groups is 2. The Kier molecular flexibility index (Phi) is 7.42. The number of oxime groups is 2. The molecule has 0 N–H and O–H groups in total. The Morgan fingerprint density at radius 2 is 1.76 bits per heavy atom. The zero-order valence-corrected chi connectivity index (χ0v) is 12.1. The van der Waals surface area contributed by atoms with E-state index in [1.54, 1.807) is 0 Å². The third kappa shape index (κ3) is 8.30. The summed E-state index contributed by atoms with van der Waals surface area (Å²) in [6.45, 7) is 2.55. The lowest BCUT2D eigenvalue weighted by Crippen LogP contribution is -2.05. The zero-order valence-electron chi connectivity index (χ0n) is 12.1. The van der Waals surface area contributed by atoms with E-state index in [0.29, 0.717) is 18.6 Å². The van der Waals surface area contributed by atoms with Gasteiger partial charge in [-0.15, -0.1) is 0 Å². The number of rotatable bonds is 7. The van der Waals surface area contributed by atoms with E-state index in [1.165, 1.54) is 20.1 Å². The number of benzene rings is 1. The minimum absolute atomic E-state index is 0.341. The fourth-order valence-corrected chi connectivity index (χ4v) is 1.50. The van der Waals surface area contributed by atoms with E-state index in [1.807, 2.05) is 30.3 Å². The van der Waals surface area contributed by atoms with Crippen LogP contribution in [0, 0.1) is 0 Å². The van der Waals surface area contributed by atoms with Crippen molar-refractivity contribution in [3.63, 3.8) is 0 Å². The molecule has 0 heterocycles. The molecule has 0 aliphatic rings. The molecule has 0 saturated carbocycles. The van der Waals surface area contributed by atoms with E-state index in [-0.39, 0.29) is 0 Å². The van der Waals surface area contributed by atoms with Crippen LogP contribution in [0.15, 0.2) is 40.6 Å². The Bertz CT molecular complexity index is 524. The Hall–Kier alpha value is -2.50. The summed E-state index contributed by atoms with van der Waals surface area (Å²) in [5, 5.41) is 7.29. The summed E-state index contributed by atoms with van der Waals surface area (Å²) >= 11 is 0. The van der Waals surface area contributed by atoms with Gasteiger partial charge in [0.25, 0.3) is 0 Å². The molecule has 0 unspecified atom stereocenters. The van der Waals surface area contributed by atoms with Gasteiger partial charge in [-0.05, 0) is 18.4 Å². The van der Waals surface area contributed by atoms with Crippen LogP contribution >= 0.6 is 0 Å². The minimum atomic E-state index is -0.492. The summed E-state index contributed by atoms with van der Waals surface area (Å²) in [5.74, 6) is -0.974. The SMILES string of the molecule is CC(=O)ON=CCC(CCc1ccccc1)=NOC(C)=O. The van der Waals surface area contributed by atoms with Crippen LogP contribution in [0.3, 0.4) is 0 Å². The third-order valence-electron chi connectivity index (χ3n) is 2.43. The highest BCUT2D eigenvalue weighted by Crippen LogP contribution is 2.05. The van der Waals surface area contributed by atoms with Gasteiger partial charge < -0.3 is 9.68 Å². The van der Waals surface area contributed by atoms with Crippen molar-refractivity contribution in [3.8, 4) is 0 Å². The van der Waals surface area contributed by atoms with Gasteiger partial charge in [0, 0.05) is 20.3 Å². The second kappa shape index (κ2) is 9.41.